The minimum atomic E-state index is -0.00232. The third-order valence-electron chi connectivity index (χ3n) is 3.24. The van der Waals surface area contributed by atoms with Crippen LogP contribution in [0, 0.1) is 5.92 Å². The van der Waals surface area contributed by atoms with Crippen LogP contribution in [0.3, 0.4) is 0 Å². The highest BCUT2D eigenvalue weighted by Gasteiger charge is 2.17. The fourth-order valence-corrected chi connectivity index (χ4v) is 2.73. The van der Waals surface area contributed by atoms with Crippen molar-refractivity contribution in [1.29, 1.82) is 0 Å². The third-order valence-corrected chi connectivity index (χ3v) is 4.42. The Hall–Kier alpha value is -0.350. The molecule has 0 saturated heterocycles. The van der Waals surface area contributed by atoms with E-state index in [-0.39, 0.29) is 5.91 Å². The van der Waals surface area contributed by atoms with Gasteiger partial charge in [-0.15, -0.1) is 0 Å². The molecular formula is C13H15Br2NO. The number of rotatable bonds is 4. The first-order valence-electron chi connectivity index (χ1n) is 5.90. The first-order chi connectivity index (χ1) is 8.16. The molecule has 4 heteroatoms. The van der Waals surface area contributed by atoms with Gasteiger partial charge in [-0.1, -0.05) is 35.2 Å². The highest BCUT2D eigenvalue weighted by atomic mass is 79.9. The predicted molar refractivity (Wildman–Crippen MR) is 76.1 cm³/mol. The van der Waals surface area contributed by atoms with E-state index in [9.17, 15) is 4.79 Å². The Morgan fingerprint density at radius 1 is 1.35 bits per heavy atom. The number of carbonyl (C=O) groups excluding carboxylic acids is 1. The Morgan fingerprint density at radius 3 is 2.76 bits per heavy atom. The number of hydrogen-bond donors (Lipinski definition) is 1. The lowest BCUT2D eigenvalue weighted by atomic mass is 9.83. The SMILES string of the molecule is O=C(NCCC1CCC1)c1cc(Br)ccc1Br. The molecule has 1 saturated carbocycles. The second-order valence-corrected chi connectivity index (χ2v) is 6.24. The second-order valence-electron chi connectivity index (χ2n) is 4.47. The molecule has 2 nitrogen and oxygen atoms in total. The molecule has 0 heterocycles. The topological polar surface area (TPSA) is 29.1 Å². The molecule has 0 aliphatic heterocycles. The van der Waals surface area contributed by atoms with Crippen molar-refractivity contribution in [1.82, 2.24) is 5.32 Å². The van der Waals surface area contributed by atoms with Gasteiger partial charge in [0.05, 0.1) is 5.56 Å². The quantitative estimate of drug-likeness (QED) is 0.859. The molecule has 1 fully saturated rings. The maximum absolute atomic E-state index is 11.9. The van der Waals surface area contributed by atoms with Gasteiger partial charge in [-0.05, 0) is 46.5 Å². The standard InChI is InChI=1S/C13H15Br2NO/c14-10-4-5-12(15)11(8-10)13(17)16-7-6-9-2-1-3-9/h4-5,8-9H,1-3,6-7H2,(H,16,17). The van der Waals surface area contributed by atoms with Crippen molar-refractivity contribution in [2.45, 2.75) is 25.7 Å². The summed E-state index contributed by atoms with van der Waals surface area (Å²) >= 11 is 6.77. The largest absolute Gasteiger partial charge is 0.352 e. The fourth-order valence-electron chi connectivity index (χ4n) is 1.94. The van der Waals surface area contributed by atoms with E-state index in [4.69, 9.17) is 0 Å². The molecule has 2 rings (SSSR count). The molecule has 0 atom stereocenters. The third kappa shape index (κ3) is 3.55. The summed E-state index contributed by atoms with van der Waals surface area (Å²) in [6.07, 6.45) is 5.13. The van der Waals surface area contributed by atoms with Gasteiger partial charge in [-0.3, -0.25) is 4.79 Å². The lowest BCUT2D eigenvalue weighted by Gasteiger charge is -2.25. The summed E-state index contributed by atoms with van der Waals surface area (Å²) in [4.78, 5) is 11.9. The van der Waals surface area contributed by atoms with E-state index in [1.54, 1.807) is 0 Å². The van der Waals surface area contributed by atoms with Gasteiger partial charge in [0.25, 0.3) is 5.91 Å². The zero-order chi connectivity index (χ0) is 12.3. The van der Waals surface area contributed by atoms with Crippen LogP contribution >= 0.6 is 31.9 Å². The van der Waals surface area contributed by atoms with Gasteiger partial charge in [-0.25, -0.2) is 0 Å². The summed E-state index contributed by atoms with van der Waals surface area (Å²) in [5, 5.41) is 2.98. The number of benzene rings is 1. The number of amides is 1. The summed E-state index contributed by atoms with van der Waals surface area (Å²) in [5.41, 5.74) is 0.688. The second kappa shape index (κ2) is 6.01. The first kappa shape index (κ1) is 13.1. The molecule has 0 unspecified atom stereocenters. The first-order valence-corrected chi connectivity index (χ1v) is 7.48. The average molecular weight is 361 g/mol. The lowest BCUT2D eigenvalue weighted by Crippen LogP contribution is -2.27. The Balaban J connectivity index is 1.87. The maximum Gasteiger partial charge on any atom is 0.252 e. The highest BCUT2D eigenvalue weighted by Crippen LogP contribution is 2.28. The highest BCUT2D eigenvalue weighted by molar-refractivity contribution is 9.11. The number of carbonyl (C=O) groups is 1. The van der Waals surface area contributed by atoms with Crippen molar-refractivity contribution in [2.24, 2.45) is 5.92 Å². The van der Waals surface area contributed by atoms with Crippen molar-refractivity contribution < 1.29 is 4.79 Å². The van der Waals surface area contributed by atoms with E-state index in [2.05, 4.69) is 37.2 Å². The molecule has 0 bridgehead atoms. The smallest absolute Gasteiger partial charge is 0.252 e. The summed E-state index contributed by atoms with van der Waals surface area (Å²) in [6, 6.07) is 5.63. The molecule has 0 aromatic heterocycles. The van der Waals surface area contributed by atoms with Gasteiger partial charge in [-0.2, -0.15) is 0 Å². The molecule has 1 N–H and O–H groups in total. The molecule has 0 spiro atoms. The molecule has 0 radical (unpaired) electrons. The maximum atomic E-state index is 11.9. The van der Waals surface area contributed by atoms with Gasteiger partial charge in [0.1, 0.15) is 0 Å². The van der Waals surface area contributed by atoms with Crippen molar-refractivity contribution in [2.75, 3.05) is 6.54 Å². The Morgan fingerprint density at radius 2 is 2.12 bits per heavy atom. The summed E-state index contributed by atoms with van der Waals surface area (Å²) < 4.78 is 1.76. The van der Waals surface area contributed by atoms with E-state index in [1.807, 2.05) is 18.2 Å². The zero-order valence-electron chi connectivity index (χ0n) is 9.51. The van der Waals surface area contributed by atoms with E-state index < -0.39 is 0 Å². The van der Waals surface area contributed by atoms with Crippen molar-refractivity contribution >= 4 is 37.8 Å². The van der Waals surface area contributed by atoms with Crippen LogP contribution in [0.15, 0.2) is 27.1 Å². The molecule has 1 aliphatic carbocycles. The minimum Gasteiger partial charge on any atom is -0.352 e. The zero-order valence-corrected chi connectivity index (χ0v) is 12.7. The molecule has 1 amide bonds. The fraction of sp³-hybridized carbons (Fsp3) is 0.462. The molecule has 1 aliphatic rings. The van der Waals surface area contributed by atoms with E-state index in [0.717, 1.165) is 27.8 Å². The Kier molecular flexibility index (Phi) is 4.62. The number of nitrogens with one attached hydrogen (secondary N) is 1. The normalized spacial score (nSPS) is 15.4. The predicted octanol–water partition coefficient (Wildman–Crippen LogP) is 4.13. The van der Waals surface area contributed by atoms with Gasteiger partial charge < -0.3 is 5.32 Å². The summed E-state index contributed by atoms with van der Waals surface area (Å²) in [5.74, 6) is 0.832. The molecular weight excluding hydrogens is 346 g/mol. The van der Waals surface area contributed by atoms with E-state index in [1.165, 1.54) is 19.3 Å². The minimum absolute atomic E-state index is 0.00232. The Labute approximate surface area is 118 Å². The van der Waals surface area contributed by atoms with Gasteiger partial charge >= 0.3 is 0 Å². The lowest BCUT2D eigenvalue weighted by molar-refractivity contribution is 0.0948. The monoisotopic (exact) mass is 359 g/mol. The van der Waals surface area contributed by atoms with Crippen LogP contribution < -0.4 is 5.32 Å². The molecule has 1 aromatic carbocycles. The van der Waals surface area contributed by atoms with Gasteiger partial charge in [0, 0.05) is 15.5 Å². The van der Waals surface area contributed by atoms with Crippen LogP contribution in [-0.4, -0.2) is 12.5 Å². The summed E-state index contributed by atoms with van der Waals surface area (Å²) in [7, 11) is 0. The number of halogens is 2. The van der Waals surface area contributed by atoms with Gasteiger partial charge in [0.15, 0.2) is 0 Å². The van der Waals surface area contributed by atoms with Crippen LogP contribution in [0.5, 0.6) is 0 Å². The number of hydrogen-bond acceptors (Lipinski definition) is 1. The van der Waals surface area contributed by atoms with Crippen molar-refractivity contribution in [3.05, 3.63) is 32.7 Å². The summed E-state index contributed by atoms with van der Waals surface area (Å²) in [6.45, 7) is 0.780. The van der Waals surface area contributed by atoms with Crippen LogP contribution in [0.2, 0.25) is 0 Å². The molecule has 17 heavy (non-hydrogen) atoms. The van der Waals surface area contributed by atoms with Gasteiger partial charge in [0.2, 0.25) is 0 Å². The van der Waals surface area contributed by atoms with Crippen LogP contribution in [0.1, 0.15) is 36.0 Å². The Bertz CT molecular complexity index is 416. The van der Waals surface area contributed by atoms with Crippen LogP contribution in [0.25, 0.3) is 0 Å². The van der Waals surface area contributed by atoms with E-state index >= 15 is 0 Å². The molecule has 1 aromatic rings. The van der Waals surface area contributed by atoms with Crippen molar-refractivity contribution in [3.8, 4) is 0 Å². The molecule has 92 valence electrons. The van der Waals surface area contributed by atoms with Crippen LogP contribution in [0.4, 0.5) is 0 Å². The van der Waals surface area contributed by atoms with Crippen LogP contribution in [-0.2, 0) is 0 Å². The van der Waals surface area contributed by atoms with E-state index in [0.29, 0.717) is 5.56 Å². The average Bonchev–Trinajstić information content (AvgIpc) is 2.25. The van der Waals surface area contributed by atoms with Crippen molar-refractivity contribution in [3.63, 3.8) is 0 Å².